The summed E-state index contributed by atoms with van der Waals surface area (Å²) in [6, 6.07) is 4.38. The maximum Gasteiger partial charge on any atom is 0.162 e. The maximum atomic E-state index is 13.5. The van der Waals surface area contributed by atoms with Gasteiger partial charge < -0.3 is 9.51 Å². The lowest BCUT2D eigenvalue weighted by molar-refractivity contribution is 0.102. The molecule has 3 rings (SSSR count). The molecule has 5 heteroatoms. The van der Waals surface area contributed by atoms with Crippen molar-refractivity contribution in [1.29, 1.82) is 0 Å². The van der Waals surface area contributed by atoms with E-state index in [0.717, 1.165) is 16.8 Å². The van der Waals surface area contributed by atoms with Crippen LogP contribution in [0.25, 0.3) is 22.2 Å². The molecule has 0 aliphatic heterocycles. The lowest BCUT2D eigenvalue weighted by Crippen LogP contribution is -1.96. The molecule has 0 atom stereocenters. The van der Waals surface area contributed by atoms with Crippen LogP contribution in [-0.2, 0) is 6.42 Å². The van der Waals surface area contributed by atoms with Crippen LogP contribution in [0.5, 0.6) is 0 Å². The van der Waals surface area contributed by atoms with Gasteiger partial charge in [-0.25, -0.2) is 4.39 Å². The van der Waals surface area contributed by atoms with E-state index in [1.807, 2.05) is 6.92 Å². The molecule has 0 spiro atoms. The first-order valence-electron chi connectivity index (χ1n) is 6.80. The van der Waals surface area contributed by atoms with Gasteiger partial charge in [0.05, 0.1) is 22.5 Å². The lowest BCUT2D eigenvalue weighted by Gasteiger charge is -2.01. The van der Waals surface area contributed by atoms with Gasteiger partial charge in [0.1, 0.15) is 11.6 Å². The SMILES string of the molecule is CCc1noc(C)c1-c1[nH]c2ccc(F)cc2c1C(C)=O. The number of rotatable bonds is 3. The molecule has 0 aliphatic carbocycles. The molecule has 3 aromatic rings. The molecule has 108 valence electrons. The first-order chi connectivity index (χ1) is 10.0. The molecule has 0 bridgehead atoms. The lowest BCUT2D eigenvalue weighted by atomic mass is 10.0. The summed E-state index contributed by atoms with van der Waals surface area (Å²) < 4.78 is 18.7. The quantitative estimate of drug-likeness (QED) is 0.739. The number of aryl methyl sites for hydroxylation is 2. The van der Waals surface area contributed by atoms with E-state index in [1.165, 1.54) is 19.1 Å². The second kappa shape index (κ2) is 4.84. The van der Waals surface area contributed by atoms with Crippen LogP contribution < -0.4 is 0 Å². The number of ketones is 1. The summed E-state index contributed by atoms with van der Waals surface area (Å²) in [5, 5.41) is 4.60. The first-order valence-corrected chi connectivity index (χ1v) is 6.80. The number of halogens is 1. The Labute approximate surface area is 120 Å². The van der Waals surface area contributed by atoms with Gasteiger partial charge in [-0.15, -0.1) is 0 Å². The van der Waals surface area contributed by atoms with Gasteiger partial charge in [0.15, 0.2) is 5.78 Å². The second-order valence-corrected chi connectivity index (χ2v) is 5.04. The number of nitrogens with zero attached hydrogens (tertiary/aromatic N) is 1. The molecule has 1 N–H and O–H groups in total. The molecule has 21 heavy (non-hydrogen) atoms. The minimum absolute atomic E-state index is 0.121. The minimum Gasteiger partial charge on any atom is -0.361 e. The smallest absolute Gasteiger partial charge is 0.162 e. The molecule has 0 saturated heterocycles. The van der Waals surface area contributed by atoms with Crippen molar-refractivity contribution in [1.82, 2.24) is 10.1 Å². The van der Waals surface area contributed by atoms with Crippen molar-refractivity contribution in [2.45, 2.75) is 27.2 Å². The van der Waals surface area contributed by atoms with Gasteiger partial charge in [0.2, 0.25) is 0 Å². The number of carbonyl (C=O) groups is 1. The monoisotopic (exact) mass is 286 g/mol. The third kappa shape index (κ3) is 2.05. The number of Topliss-reactive ketones (excluding diaryl/α,β-unsaturated/α-hetero) is 1. The maximum absolute atomic E-state index is 13.5. The summed E-state index contributed by atoms with van der Waals surface area (Å²) >= 11 is 0. The Morgan fingerprint density at radius 1 is 1.43 bits per heavy atom. The summed E-state index contributed by atoms with van der Waals surface area (Å²) in [6.45, 7) is 5.25. The van der Waals surface area contributed by atoms with Crippen LogP contribution in [0.3, 0.4) is 0 Å². The Bertz CT molecular complexity index is 845. The highest BCUT2D eigenvalue weighted by atomic mass is 19.1. The Hall–Kier alpha value is -2.43. The van der Waals surface area contributed by atoms with Crippen LogP contribution in [-0.4, -0.2) is 15.9 Å². The fourth-order valence-electron chi connectivity index (χ4n) is 2.70. The third-order valence-electron chi connectivity index (χ3n) is 3.63. The van der Waals surface area contributed by atoms with Crippen LogP contribution >= 0.6 is 0 Å². The number of benzene rings is 1. The molecule has 0 amide bonds. The summed E-state index contributed by atoms with van der Waals surface area (Å²) in [5.41, 5.74) is 3.42. The van der Waals surface area contributed by atoms with E-state index in [1.54, 1.807) is 13.0 Å². The number of fused-ring (bicyclic) bond motifs is 1. The molecule has 2 aromatic heterocycles. The highest BCUT2D eigenvalue weighted by Crippen LogP contribution is 2.35. The van der Waals surface area contributed by atoms with Gasteiger partial charge in [-0.3, -0.25) is 4.79 Å². The average molecular weight is 286 g/mol. The van der Waals surface area contributed by atoms with Crippen LogP contribution in [0.2, 0.25) is 0 Å². The van der Waals surface area contributed by atoms with Crippen LogP contribution in [0.4, 0.5) is 4.39 Å². The summed E-state index contributed by atoms with van der Waals surface area (Å²) in [5.74, 6) is 0.152. The summed E-state index contributed by atoms with van der Waals surface area (Å²) in [6.07, 6.45) is 0.688. The Kier molecular flexibility index (Phi) is 3.12. The van der Waals surface area contributed by atoms with Gasteiger partial charge in [-0.2, -0.15) is 0 Å². The molecular weight excluding hydrogens is 271 g/mol. The Morgan fingerprint density at radius 2 is 2.19 bits per heavy atom. The molecule has 0 saturated carbocycles. The zero-order chi connectivity index (χ0) is 15.1. The molecule has 2 heterocycles. The Balaban J connectivity index is 2.39. The van der Waals surface area contributed by atoms with Crippen molar-refractivity contribution in [2.75, 3.05) is 0 Å². The zero-order valence-corrected chi connectivity index (χ0v) is 12.1. The molecule has 0 fully saturated rings. The predicted molar refractivity (Wildman–Crippen MR) is 77.9 cm³/mol. The summed E-state index contributed by atoms with van der Waals surface area (Å²) in [4.78, 5) is 15.3. The van der Waals surface area contributed by atoms with E-state index in [-0.39, 0.29) is 11.6 Å². The van der Waals surface area contributed by atoms with E-state index in [0.29, 0.717) is 28.8 Å². The van der Waals surface area contributed by atoms with E-state index in [9.17, 15) is 9.18 Å². The zero-order valence-electron chi connectivity index (χ0n) is 12.1. The first kappa shape index (κ1) is 13.5. The fraction of sp³-hybridized carbons (Fsp3) is 0.250. The molecule has 1 aromatic carbocycles. The topological polar surface area (TPSA) is 58.9 Å². The van der Waals surface area contributed by atoms with Gasteiger partial charge in [0.25, 0.3) is 0 Å². The van der Waals surface area contributed by atoms with Crippen LogP contribution in [0.1, 0.15) is 35.7 Å². The van der Waals surface area contributed by atoms with E-state index < -0.39 is 0 Å². The molecule has 0 radical (unpaired) electrons. The number of carbonyl (C=O) groups excluding carboxylic acids is 1. The van der Waals surface area contributed by atoms with Crippen molar-refractivity contribution in [3.63, 3.8) is 0 Å². The summed E-state index contributed by atoms with van der Waals surface area (Å²) in [7, 11) is 0. The second-order valence-electron chi connectivity index (χ2n) is 5.04. The standard InChI is InChI=1S/C16H15FN2O2/c1-4-12-15(9(3)21-19-12)16-14(8(2)20)11-7-10(17)5-6-13(11)18-16/h5-7,18H,4H2,1-3H3. The number of hydrogen-bond acceptors (Lipinski definition) is 3. The van der Waals surface area contributed by atoms with Crippen molar-refractivity contribution in [3.8, 4) is 11.3 Å². The minimum atomic E-state index is -0.367. The number of aromatic nitrogens is 2. The number of H-pyrrole nitrogens is 1. The van der Waals surface area contributed by atoms with E-state index in [2.05, 4.69) is 10.1 Å². The van der Waals surface area contributed by atoms with Crippen molar-refractivity contribution in [3.05, 3.63) is 41.0 Å². The third-order valence-corrected chi connectivity index (χ3v) is 3.63. The number of hydrogen-bond donors (Lipinski definition) is 1. The van der Waals surface area contributed by atoms with Crippen LogP contribution in [0.15, 0.2) is 22.7 Å². The average Bonchev–Trinajstić information content (AvgIpc) is 2.97. The number of aromatic amines is 1. The fourth-order valence-corrected chi connectivity index (χ4v) is 2.70. The van der Waals surface area contributed by atoms with E-state index >= 15 is 0 Å². The van der Waals surface area contributed by atoms with Crippen molar-refractivity contribution >= 4 is 16.7 Å². The number of nitrogens with one attached hydrogen (secondary N) is 1. The largest absolute Gasteiger partial charge is 0.361 e. The molecule has 0 aliphatic rings. The molecule has 4 nitrogen and oxygen atoms in total. The van der Waals surface area contributed by atoms with Crippen molar-refractivity contribution in [2.24, 2.45) is 0 Å². The van der Waals surface area contributed by atoms with Crippen molar-refractivity contribution < 1.29 is 13.7 Å². The highest BCUT2D eigenvalue weighted by molar-refractivity contribution is 6.12. The normalized spacial score (nSPS) is 11.2. The van der Waals surface area contributed by atoms with Gasteiger partial charge in [-0.05, 0) is 38.5 Å². The molecular formula is C16H15FN2O2. The van der Waals surface area contributed by atoms with E-state index in [4.69, 9.17) is 4.52 Å². The predicted octanol–water partition coefficient (Wildman–Crippen LogP) is 4.04. The molecule has 0 unspecified atom stereocenters. The van der Waals surface area contributed by atoms with Gasteiger partial charge in [0, 0.05) is 10.9 Å². The Morgan fingerprint density at radius 3 is 2.86 bits per heavy atom. The van der Waals surface area contributed by atoms with Gasteiger partial charge >= 0.3 is 0 Å². The van der Waals surface area contributed by atoms with Crippen LogP contribution in [0, 0.1) is 12.7 Å². The van der Waals surface area contributed by atoms with Gasteiger partial charge in [-0.1, -0.05) is 12.1 Å². The highest BCUT2D eigenvalue weighted by Gasteiger charge is 2.23.